The van der Waals surface area contributed by atoms with E-state index in [1.54, 1.807) is 0 Å². The van der Waals surface area contributed by atoms with Gasteiger partial charge in [0.1, 0.15) is 0 Å². The van der Waals surface area contributed by atoms with Crippen LogP contribution in [0.1, 0.15) is 52.4 Å². The van der Waals surface area contributed by atoms with E-state index in [9.17, 15) is 0 Å². The van der Waals surface area contributed by atoms with Crippen molar-refractivity contribution in [2.24, 2.45) is 5.92 Å². The molecule has 13 heavy (non-hydrogen) atoms. The summed E-state index contributed by atoms with van der Waals surface area (Å²) in [6, 6.07) is 0. The standard InChI is InChI=1S/C11H25NO/c1-3-11(2)8-6-4-5-7-9-12-10-13/h11-13H,3-10H2,1-2H3. The zero-order chi connectivity index (χ0) is 9.94. The van der Waals surface area contributed by atoms with Crippen molar-refractivity contribution >= 4 is 0 Å². The Hall–Kier alpha value is -0.0800. The SMILES string of the molecule is CCC(C)CCCCCCNCO. The third-order valence-corrected chi connectivity index (χ3v) is 2.61. The Morgan fingerprint density at radius 3 is 2.46 bits per heavy atom. The molecule has 2 nitrogen and oxygen atoms in total. The van der Waals surface area contributed by atoms with Crippen LogP contribution in [0, 0.1) is 5.92 Å². The second-order valence-corrected chi connectivity index (χ2v) is 3.87. The molecule has 0 aliphatic heterocycles. The minimum absolute atomic E-state index is 0.118. The van der Waals surface area contributed by atoms with Gasteiger partial charge in [-0.1, -0.05) is 46.0 Å². The molecule has 1 unspecified atom stereocenters. The molecule has 0 aliphatic rings. The highest BCUT2D eigenvalue weighted by Gasteiger charge is 1.97. The summed E-state index contributed by atoms with van der Waals surface area (Å²) >= 11 is 0. The van der Waals surface area contributed by atoms with Crippen LogP contribution in [0.5, 0.6) is 0 Å². The topological polar surface area (TPSA) is 32.3 Å². The molecule has 0 fully saturated rings. The summed E-state index contributed by atoms with van der Waals surface area (Å²) in [6.07, 6.45) is 7.89. The lowest BCUT2D eigenvalue weighted by Crippen LogP contribution is -2.15. The summed E-state index contributed by atoms with van der Waals surface area (Å²) in [7, 11) is 0. The zero-order valence-corrected chi connectivity index (χ0v) is 9.18. The predicted octanol–water partition coefficient (Wildman–Crippen LogP) is 2.52. The number of nitrogens with one attached hydrogen (secondary N) is 1. The van der Waals surface area contributed by atoms with Crippen molar-refractivity contribution in [3.63, 3.8) is 0 Å². The van der Waals surface area contributed by atoms with Crippen LogP contribution in [0.4, 0.5) is 0 Å². The quantitative estimate of drug-likeness (QED) is 0.429. The van der Waals surface area contributed by atoms with Gasteiger partial charge in [-0.3, -0.25) is 5.32 Å². The lowest BCUT2D eigenvalue weighted by Gasteiger charge is -2.07. The third-order valence-electron chi connectivity index (χ3n) is 2.61. The molecular weight excluding hydrogens is 162 g/mol. The van der Waals surface area contributed by atoms with Gasteiger partial charge < -0.3 is 5.11 Å². The van der Waals surface area contributed by atoms with Crippen LogP contribution in [0.25, 0.3) is 0 Å². The fourth-order valence-electron chi connectivity index (χ4n) is 1.38. The Labute approximate surface area is 82.7 Å². The largest absolute Gasteiger partial charge is 0.381 e. The van der Waals surface area contributed by atoms with Gasteiger partial charge in [0.25, 0.3) is 0 Å². The highest BCUT2D eigenvalue weighted by atomic mass is 16.3. The monoisotopic (exact) mass is 187 g/mol. The fourth-order valence-corrected chi connectivity index (χ4v) is 1.38. The second kappa shape index (κ2) is 10.0. The van der Waals surface area contributed by atoms with E-state index in [1.807, 2.05) is 0 Å². The van der Waals surface area contributed by atoms with Crippen LogP contribution in [-0.4, -0.2) is 18.4 Å². The maximum atomic E-state index is 8.46. The van der Waals surface area contributed by atoms with Crippen molar-refractivity contribution in [1.82, 2.24) is 5.32 Å². The molecule has 0 heterocycles. The number of aliphatic hydroxyl groups excluding tert-OH is 1. The smallest absolute Gasteiger partial charge is 0.0931 e. The first-order valence-electron chi connectivity index (χ1n) is 5.62. The van der Waals surface area contributed by atoms with Gasteiger partial charge in [-0.25, -0.2) is 0 Å². The number of hydrogen-bond donors (Lipinski definition) is 2. The summed E-state index contributed by atoms with van der Waals surface area (Å²) in [4.78, 5) is 0. The molecule has 0 radical (unpaired) electrons. The molecule has 0 saturated heterocycles. The first-order valence-corrected chi connectivity index (χ1v) is 5.62. The van der Waals surface area contributed by atoms with E-state index >= 15 is 0 Å². The van der Waals surface area contributed by atoms with Crippen molar-refractivity contribution in [3.05, 3.63) is 0 Å². The molecule has 0 rings (SSSR count). The molecule has 0 aromatic rings. The van der Waals surface area contributed by atoms with Gasteiger partial charge in [0, 0.05) is 0 Å². The molecule has 0 bridgehead atoms. The molecular formula is C11H25NO. The summed E-state index contributed by atoms with van der Waals surface area (Å²) in [5.41, 5.74) is 0. The lowest BCUT2D eigenvalue weighted by atomic mass is 10.0. The van der Waals surface area contributed by atoms with E-state index in [0.29, 0.717) is 0 Å². The van der Waals surface area contributed by atoms with Crippen LogP contribution >= 0.6 is 0 Å². The number of unbranched alkanes of at least 4 members (excludes halogenated alkanes) is 3. The first kappa shape index (κ1) is 12.9. The number of aliphatic hydroxyl groups is 1. The van der Waals surface area contributed by atoms with Crippen molar-refractivity contribution in [1.29, 1.82) is 0 Å². The average Bonchev–Trinajstić information content (AvgIpc) is 2.16. The zero-order valence-electron chi connectivity index (χ0n) is 9.18. The van der Waals surface area contributed by atoms with E-state index in [1.165, 1.54) is 38.5 Å². The van der Waals surface area contributed by atoms with Crippen molar-refractivity contribution in [2.45, 2.75) is 52.4 Å². The van der Waals surface area contributed by atoms with Gasteiger partial charge >= 0.3 is 0 Å². The molecule has 0 aromatic heterocycles. The number of rotatable bonds is 9. The van der Waals surface area contributed by atoms with Crippen LogP contribution in [0.15, 0.2) is 0 Å². The van der Waals surface area contributed by atoms with Gasteiger partial charge in [0.15, 0.2) is 0 Å². The van der Waals surface area contributed by atoms with E-state index in [-0.39, 0.29) is 6.73 Å². The van der Waals surface area contributed by atoms with Crippen LogP contribution in [-0.2, 0) is 0 Å². The highest BCUT2D eigenvalue weighted by Crippen LogP contribution is 2.12. The Balaban J connectivity index is 2.91. The third kappa shape index (κ3) is 9.84. The molecule has 0 saturated carbocycles. The molecule has 0 aromatic carbocycles. The summed E-state index contributed by atoms with van der Waals surface area (Å²) < 4.78 is 0. The molecule has 80 valence electrons. The van der Waals surface area contributed by atoms with E-state index in [2.05, 4.69) is 19.2 Å². The Kier molecular flexibility index (Phi) is 9.94. The van der Waals surface area contributed by atoms with E-state index in [0.717, 1.165) is 12.5 Å². The van der Waals surface area contributed by atoms with Crippen molar-refractivity contribution in [3.8, 4) is 0 Å². The minimum Gasteiger partial charge on any atom is -0.381 e. The fraction of sp³-hybridized carbons (Fsp3) is 1.00. The molecule has 0 spiro atoms. The van der Waals surface area contributed by atoms with Gasteiger partial charge in [0.2, 0.25) is 0 Å². The van der Waals surface area contributed by atoms with Gasteiger partial charge in [-0.05, 0) is 18.9 Å². The van der Waals surface area contributed by atoms with Crippen molar-refractivity contribution < 1.29 is 5.11 Å². The molecule has 0 aliphatic carbocycles. The van der Waals surface area contributed by atoms with Crippen LogP contribution in [0.3, 0.4) is 0 Å². The molecule has 2 heteroatoms. The Bertz CT molecular complexity index is 96.1. The minimum atomic E-state index is 0.118. The van der Waals surface area contributed by atoms with Crippen molar-refractivity contribution in [2.75, 3.05) is 13.3 Å². The van der Waals surface area contributed by atoms with Gasteiger partial charge in [-0.2, -0.15) is 0 Å². The maximum absolute atomic E-state index is 8.46. The Morgan fingerprint density at radius 1 is 1.15 bits per heavy atom. The first-order chi connectivity index (χ1) is 6.31. The average molecular weight is 187 g/mol. The number of hydrogen-bond acceptors (Lipinski definition) is 2. The van der Waals surface area contributed by atoms with E-state index < -0.39 is 0 Å². The summed E-state index contributed by atoms with van der Waals surface area (Å²) in [6.45, 7) is 5.66. The van der Waals surface area contributed by atoms with Crippen LogP contribution < -0.4 is 5.32 Å². The van der Waals surface area contributed by atoms with Crippen LogP contribution in [0.2, 0.25) is 0 Å². The van der Waals surface area contributed by atoms with E-state index in [4.69, 9.17) is 5.11 Å². The highest BCUT2D eigenvalue weighted by molar-refractivity contribution is 4.51. The summed E-state index contributed by atoms with van der Waals surface area (Å²) in [5, 5.41) is 11.4. The normalized spacial score (nSPS) is 13.2. The second-order valence-electron chi connectivity index (χ2n) is 3.87. The molecule has 2 N–H and O–H groups in total. The maximum Gasteiger partial charge on any atom is 0.0931 e. The molecule has 1 atom stereocenters. The summed E-state index contributed by atoms with van der Waals surface area (Å²) in [5.74, 6) is 0.899. The lowest BCUT2D eigenvalue weighted by molar-refractivity contribution is 0.259. The van der Waals surface area contributed by atoms with Gasteiger partial charge in [-0.15, -0.1) is 0 Å². The predicted molar refractivity (Wildman–Crippen MR) is 57.6 cm³/mol. The molecule has 0 amide bonds. The Morgan fingerprint density at radius 2 is 1.85 bits per heavy atom. The van der Waals surface area contributed by atoms with Gasteiger partial charge in [0.05, 0.1) is 6.73 Å².